The van der Waals surface area contributed by atoms with Gasteiger partial charge in [-0.05, 0) is 23.9 Å². The van der Waals surface area contributed by atoms with Gasteiger partial charge in [0.05, 0.1) is 7.11 Å². The zero-order valence-electron chi connectivity index (χ0n) is 15.0. The number of nitrogens with zero attached hydrogens (tertiary/aromatic N) is 1. The summed E-state index contributed by atoms with van der Waals surface area (Å²) < 4.78 is 11.2. The fourth-order valence-electron chi connectivity index (χ4n) is 4.09. The van der Waals surface area contributed by atoms with Gasteiger partial charge in [0.2, 0.25) is 5.91 Å². The van der Waals surface area contributed by atoms with Crippen LogP contribution in [-0.2, 0) is 16.0 Å². The lowest BCUT2D eigenvalue weighted by molar-refractivity contribution is -0.152. The van der Waals surface area contributed by atoms with E-state index in [1.165, 1.54) is 0 Å². The van der Waals surface area contributed by atoms with Crippen LogP contribution in [0.25, 0.3) is 0 Å². The van der Waals surface area contributed by atoms with Gasteiger partial charge in [0.15, 0.2) is 11.5 Å². The van der Waals surface area contributed by atoms with Gasteiger partial charge in [-0.1, -0.05) is 18.2 Å². The Morgan fingerprint density at radius 1 is 1.37 bits per heavy atom. The predicted molar refractivity (Wildman–Crippen MR) is 101 cm³/mol. The molecule has 1 N–H and O–H groups in total. The Morgan fingerprint density at radius 3 is 2.93 bits per heavy atom. The first-order valence-electron chi connectivity index (χ1n) is 8.88. The summed E-state index contributed by atoms with van der Waals surface area (Å²) in [5.41, 5.74) is -0.311. The average Bonchev–Trinajstić information content (AvgIpc) is 3.33. The maximum absolute atomic E-state index is 12.8. The minimum atomic E-state index is -1.11. The molecule has 7 heteroatoms. The van der Waals surface area contributed by atoms with Gasteiger partial charge in [0, 0.05) is 35.9 Å². The molecule has 1 aromatic carbocycles. The van der Waals surface area contributed by atoms with E-state index in [2.05, 4.69) is 0 Å². The highest BCUT2D eigenvalue weighted by Crippen LogP contribution is 2.52. The van der Waals surface area contributed by atoms with Crippen molar-refractivity contribution in [2.24, 2.45) is 5.41 Å². The molecular weight excluding hydrogens is 366 g/mol. The molecule has 2 atom stereocenters. The number of aryl methyl sites for hydroxylation is 1. The lowest BCUT2D eigenvalue weighted by Gasteiger charge is -2.36. The van der Waals surface area contributed by atoms with E-state index < -0.39 is 11.4 Å². The quantitative estimate of drug-likeness (QED) is 0.854. The monoisotopic (exact) mass is 387 g/mol. The van der Waals surface area contributed by atoms with Crippen LogP contribution < -0.4 is 9.47 Å². The molecule has 27 heavy (non-hydrogen) atoms. The predicted octanol–water partition coefficient (Wildman–Crippen LogP) is 2.78. The molecule has 4 rings (SSSR count). The summed E-state index contributed by atoms with van der Waals surface area (Å²) in [5.74, 6) is -0.0549. The smallest absolute Gasteiger partial charge is 0.315 e. The van der Waals surface area contributed by atoms with Gasteiger partial charge in [-0.2, -0.15) is 0 Å². The van der Waals surface area contributed by atoms with E-state index in [1.807, 2.05) is 29.6 Å². The number of para-hydroxylation sites is 1. The van der Waals surface area contributed by atoms with E-state index in [1.54, 1.807) is 29.4 Å². The molecule has 0 bridgehead atoms. The van der Waals surface area contributed by atoms with Crippen molar-refractivity contribution in [3.05, 3.63) is 46.2 Å². The molecule has 2 aliphatic rings. The fourth-order valence-corrected chi connectivity index (χ4v) is 4.80. The Morgan fingerprint density at radius 2 is 2.22 bits per heavy atom. The molecule has 1 aromatic heterocycles. The van der Waals surface area contributed by atoms with Crippen LogP contribution in [0.2, 0.25) is 0 Å². The zero-order valence-corrected chi connectivity index (χ0v) is 15.8. The number of ether oxygens (including phenoxy) is 2. The number of thiophene rings is 1. The second-order valence-electron chi connectivity index (χ2n) is 7.03. The standard InChI is InChI=1S/C20H21NO5S/c1-25-16-6-2-5-14-15-10-21(17(22)8-7-13-4-3-9-27-13)11-20(15,19(23)24)12-26-18(14)16/h2-6,9,15H,7-8,10-12H2,1H3,(H,23,24)/t15-,20-/m0/s1. The highest BCUT2D eigenvalue weighted by atomic mass is 32.1. The number of carboxylic acids is 1. The molecule has 0 spiro atoms. The van der Waals surface area contributed by atoms with Crippen molar-refractivity contribution >= 4 is 23.2 Å². The summed E-state index contributed by atoms with van der Waals surface area (Å²) in [6.45, 7) is 0.598. The summed E-state index contributed by atoms with van der Waals surface area (Å²) in [4.78, 5) is 27.8. The molecule has 0 unspecified atom stereocenters. The summed E-state index contributed by atoms with van der Waals surface area (Å²) in [6, 6.07) is 9.48. The third kappa shape index (κ3) is 2.96. The van der Waals surface area contributed by atoms with Crippen LogP contribution in [0.1, 0.15) is 22.8 Å². The first-order chi connectivity index (χ1) is 13.0. The SMILES string of the molecule is COc1cccc2c1OC[C@@]1(C(=O)O)CN(C(=O)CCc3cccs3)C[C@@H]21. The van der Waals surface area contributed by atoms with Crippen molar-refractivity contribution in [3.8, 4) is 11.5 Å². The van der Waals surface area contributed by atoms with Crippen LogP contribution in [0.15, 0.2) is 35.7 Å². The molecule has 0 radical (unpaired) electrons. The van der Waals surface area contributed by atoms with E-state index in [0.717, 1.165) is 10.4 Å². The second kappa shape index (κ2) is 6.88. The Labute approximate surface area is 161 Å². The van der Waals surface area contributed by atoms with Gasteiger partial charge < -0.3 is 19.5 Å². The number of amides is 1. The van der Waals surface area contributed by atoms with Crippen LogP contribution in [0.5, 0.6) is 11.5 Å². The Hall–Kier alpha value is -2.54. The van der Waals surface area contributed by atoms with Gasteiger partial charge >= 0.3 is 5.97 Å². The minimum absolute atomic E-state index is 0.0112. The average molecular weight is 387 g/mol. The number of hydrogen-bond donors (Lipinski definition) is 1. The third-order valence-electron chi connectivity index (χ3n) is 5.57. The summed E-state index contributed by atoms with van der Waals surface area (Å²) in [5, 5.41) is 12.0. The molecule has 3 heterocycles. The van der Waals surface area contributed by atoms with E-state index in [4.69, 9.17) is 9.47 Å². The van der Waals surface area contributed by atoms with Crippen LogP contribution >= 0.6 is 11.3 Å². The third-order valence-corrected chi connectivity index (χ3v) is 6.50. The molecule has 0 saturated carbocycles. The van der Waals surface area contributed by atoms with Crippen molar-refractivity contribution in [1.29, 1.82) is 0 Å². The van der Waals surface area contributed by atoms with E-state index in [0.29, 0.717) is 30.9 Å². The normalized spacial score (nSPS) is 23.3. The highest BCUT2D eigenvalue weighted by molar-refractivity contribution is 7.09. The molecule has 142 valence electrons. The summed E-state index contributed by atoms with van der Waals surface area (Å²) >= 11 is 1.63. The molecule has 2 aliphatic heterocycles. The molecule has 0 aliphatic carbocycles. The van der Waals surface area contributed by atoms with Gasteiger partial charge in [-0.3, -0.25) is 9.59 Å². The van der Waals surface area contributed by atoms with Crippen LogP contribution in [-0.4, -0.2) is 48.7 Å². The van der Waals surface area contributed by atoms with Crippen molar-refractivity contribution in [1.82, 2.24) is 4.90 Å². The largest absolute Gasteiger partial charge is 0.493 e. The molecule has 1 saturated heterocycles. The lowest BCUT2D eigenvalue weighted by atomic mass is 9.73. The maximum atomic E-state index is 12.8. The van der Waals surface area contributed by atoms with Crippen molar-refractivity contribution < 1.29 is 24.2 Å². The van der Waals surface area contributed by atoms with Crippen molar-refractivity contribution in [3.63, 3.8) is 0 Å². The van der Waals surface area contributed by atoms with E-state index in [-0.39, 0.29) is 25.0 Å². The van der Waals surface area contributed by atoms with Crippen LogP contribution in [0.3, 0.4) is 0 Å². The zero-order chi connectivity index (χ0) is 19.0. The summed E-state index contributed by atoms with van der Waals surface area (Å²) in [6.07, 6.45) is 1.06. The van der Waals surface area contributed by atoms with Crippen LogP contribution in [0.4, 0.5) is 0 Å². The number of likely N-dealkylation sites (tertiary alicyclic amines) is 1. The molecule has 2 aromatic rings. The fraction of sp³-hybridized carbons (Fsp3) is 0.400. The molecule has 1 amide bonds. The second-order valence-corrected chi connectivity index (χ2v) is 8.07. The minimum Gasteiger partial charge on any atom is -0.493 e. The Bertz CT molecular complexity index is 865. The van der Waals surface area contributed by atoms with Gasteiger partial charge in [0.25, 0.3) is 0 Å². The molecule has 1 fully saturated rings. The van der Waals surface area contributed by atoms with Gasteiger partial charge in [0.1, 0.15) is 12.0 Å². The van der Waals surface area contributed by atoms with E-state index >= 15 is 0 Å². The Balaban J connectivity index is 1.59. The number of hydrogen-bond acceptors (Lipinski definition) is 5. The van der Waals surface area contributed by atoms with Gasteiger partial charge in [-0.15, -0.1) is 11.3 Å². The molecular formula is C20H21NO5S. The number of methoxy groups -OCH3 is 1. The number of carbonyl (C=O) groups is 2. The molecule has 6 nitrogen and oxygen atoms in total. The number of fused-ring (bicyclic) bond motifs is 3. The number of carbonyl (C=O) groups excluding carboxylic acids is 1. The maximum Gasteiger partial charge on any atom is 0.315 e. The van der Waals surface area contributed by atoms with Gasteiger partial charge in [-0.25, -0.2) is 0 Å². The first kappa shape index (κ1) is 17.9. The van der Waals surface area contributed by atoms with Crippen molar-refractivity contribution in [2.45, 2.75) is 18.8 Å². The number of benzene rings is 1. The summed E-state index contributed by atoms with van der Waals surface area (Å²) in [7, 11) is 1.56. The van der Waals surface area contributed by atoms with E-state index in [9.17, 15) is 14.7 Å². The number of aliphatic carboxylic acids is 1. The first-order valence-corrected chi connectivity index (χ1v) is 9.76. The van der Waals surface area contributed by atoms with Crippen molar-refractivity contribution in [2.75, 3.05) is 26.8 Å². The Kier molecular flexibility index (Phi) is 4.55. The lowest BCUT2D eigenvalue weighted by Crippen LogP contribution is -2.46. The van der Waals surface area contributed by atoms with Crippen LogP contribution in [0, 0.1) is 5.41 Å². The number of rotatable bonds is 5. The highest BCUT2D eigenvalue weighted by Gasteiger charge is 2.57. The number of carboxylic acid groups (broad SMARTS) is 1. The topological polar surface area (TPSA) is 76.1 Å².